The average molecular weight is 191 g/mol. The van der Waals surface area contributed by atoms with E-state index < -0.39 is 0 Å². The zero-order chi connectivity index (χ0) is 10.6. The van der Waals surface area contributed by atoms with Gasteiger partial charge in [-0.1, -0.05) is 18.7 Å². The molecule has 0 aromatic heterocycles. The second-order valence-corrected chi connectivity index (χ2v) is 3.33. The monoisotopic (exact) mass is 191 g/mol. The third-order valence-electron chi connectivity index (χ3n) is 2.26. The summed E-state index contributed by atoms with van der Waals surface area (Å²) in [7, 11) is 1.68. The van der Waals surface area contributed by atoms with E-state index in [0.717, 1.165) is 28.9 Å². The Balaban J connectivity index is 2.94. The Labute approximate surface area is 85.4 Å². The minimum absolute atomic E-state index is 0.634. The molecule has 2 nitrogen and oxygen atoms in total. The van der Waals surface area contributed by atoms with Crippen molar-refractivity contribution in [3.05, 3.63) is 35.9 Å². The first-order chi connectivity index (χ1) is 6.69. The molecule has 76 valence electrons. The first-order valence-corrected chi connectivity index (χ1v) is 4.72. The standard InChI is InChI=1S/C12H17NO/c1-9(6-7-13)11-5-4-10(2)12(8-11)14-3/h4-5,8H,1,6-7,13H2,2-3H3. The fourth-order valence-electron chi connectivity index (χ4n) is 1.36. The molecular weight excluding hydrogens is 174 g/mol. The van der Waals surface area contributed by atoms with Crippen LogP contribution < -0.4 is 10.5 Å². The van der Waals surface area contributed by atoms with Crippen LogP contribution in [0.5, 0.6) is 5.75 Å². The number of ether oxygens (including phenoxy) is 1. The van der Waals surface area contributed by atoms with Gasteiger partial charge >= 0.3 is 0 Å². The zero-order valence-corrected chi connectivity index (χ0v) is 8.84. The van der Waals surface area contributed by atoms with Gasteiger partial charge in [-0.05, 0) is 42.7 Å². The van der Waals surface area contributed by atoms with Crippen LogP contribution in [0.4, 0.5) is 0 Å². The van der Waals surface area contributed by atoms with E-state index in [1.165, 1.54) is 0 Å². The molecule has 0 aliphatic rings. The molecule has 0 fully saturated rings. The molecule has 0 unspecified atom stereocenters. The van der Waals surface area contributed by atoms with Gasteiger partial charge in [0.1, 0.15) is 5.75 Å². The van der Waals surface area contributed by atoms with Crippen LogP contribution >= 0.6 is 0 Å². The van der Waals surface area contributed by atoms with Crippen LogP contribution in [0.25, 0.3) is 5.57 Å². The normalized spacial score (nSPS) is 9.93. The van der Waals surface area contributed by atoms with Crippen LogP contribution in [0.1, 0.15) is 17.5 Å². The van der Waals surface area contributed by atoms with Gasteiger partial charge in [0.05, 0.1) is 7.11 Å². The number of rotatable bonds is 4. The molecule has 1 aromatic carbocycles. The summed E-state index contributed by atoms with van der Waals surface area (Å²) in [6, 6.07) is 6.10. The molecule has 0 spiro atoms. The lowest BCUT2D eigenvalue weighted by atomic mass is 10.0. The van der Waals surface area contributed by atoms with E-state index in [1.54, 1.807) is 7.11 Å². The largest absolute Gasteiger partial charge is 0.496 e. The lowest BCUT2D eigenvalue weighted by Gasteiger charge is -2.09. The molecule has 0 saturated carbocycles. The first kappa shape index (κ1) is 10.8. The van der Waals surface area contributed by atoms with E-state index >= 15 is 0 Å². The maximum absolute atomic E-state index is 5.48. The molecule has 0 aliphatic heterocycles. The Kier molecular flexibility index (Phi) is 3.72. The van der Waals surface area contributed by atoms with Crippen LogP contribution in [-0.2, 0) is 0 Å². The number of hydrogen-bond acceptors (Lipinski definition) is 2. The predicted molar refractivity (Wildman–Crippen MR) is 60.4 cm³/mol. The van der Waals surface area contributed by atoms with E-state index in [0.29, 0.717) is 6.54 Å². The Bertz CT molecular complexity index is 331. The third kappa shape index (κ3) is 2.36. The van der Waals surface area contributed by atoms with E-state index in [1.807, 2.05) is 19.1 Å². The summed E-state index contributed by atoms with van der Waals surface area (Å²) >= 11 is 0. The molecule has 1 aromatic rings. The fourth-order valence-corrected chi connectivity index (χ4v) is 1.36. The highest BCUT2D eigenvalue weighted by Gasteiger charge is 2.02. The highest BCUT2D eigenvalue weighted by Crippen LogP contribution is 2.24. The smallest absolute Gasteiger partial charge is 0.122 e. The van der Waals surface area contributed by atoms with Crippen molar-refractivity contribution in [2.45, 2.75) is 13.3 Å². The quantitative estimate of drug-likeness (QED) is 0.793. The first-order valence-electron chi connectivity index (χ1n) is 4.72. The van der Waals surface area contributed by atoms with Gasteiger partial charge in [0, 0.05) is 0 Å². The van der Waals surface area contributed by atoms with Gasteiger partial charge in [0.25, 0.3) is 0 Å². The third-order valence-corrected chi connectivity index (χ3v) is 2.26. The molecule has 2 N–H and O–H groups in total. The van der Waals surface area contributed by atoms with E-state index in [2.05, 4.69) is 12.6 Å². The Morgan fingerprint density at radius 1 is 1.50 bits per heavy atom. The van der Waals surface area contributed by atoms with Crippen LogP contribution in [0.2, 0.25) is 0 Å². The fraction of sp³-hybridized carbons (Fsp3) is 0.333. The van der Waals surface area contributed by atoms with Crippen molar-refractivity contribution in [3.63, 3.8) is 0 Å². The summed E-state index contributed by atoms with van der Waals surface area (Å²) in [4.78, 5) is 0. The van der Waals surface area contributed by atoms with Crippen molar-refractivity contribution >= 4 is 5.57 Å². The Hall–Kier alpha value is -1.28. The lowest BCUT2D eigenvalue weighted by molar-refractivity contribution is 0.411. The SMILES string of the molecule is C=C(CCN)c1ccc(C)c(OC)c1. The van der Waals surface area contributed by atoms with Crippen molar-refractivity contribution in [1.29, 1.82) is 0 Å². The molecule has 0 saturated heterocycles. The van der Waals surface area contributed by atoms with Gasteiger partial charge in [-0.25, -0.2) is 0 Å². The summed E-state index contributed by atoms with van der Waals surface area (Å²) in [6.07, 6.45) is 0.826. The minimum atomic E-state index is 0.634. The van der Waals surface area contributed by atoms with Crippen molar-refractivity contribution in [1.82, 2.24) is 0 Å². The van der Waals surface area contributed by atoms with Crippen molar-refractivity contribution < 1.29 is 4.74 Å². The topological polar surface area (TPSA) is 35.2 Å². The van der Waals surface area contributed by atoms with Crippen LogP contribution in [0.3, 0.4) is 0 Å². The maximum Gasteiger partial charge on any atom is 0.122 e. The number of hydrogen-bond donors (Lipinski definition) is 1. The summed E-state index contributed by atoms with van der Waals surface area (Å²) in [6.45, 7) is 6.64. The Morgan fingerprint density at radius 2 is 2.21 bits per heavy atom. The number of methoxy groups -OCH3 is 1. The Morgan fingerprint density at radius 3 is 2.79 bits per heavy atom. The number of aryl methyl sites for hydroxylation is 1. The lowest BCUT2D eigenvalue weighted by Crippen LogP contribution is -1.99. The van der Waals surface area contributed by atoms with E-state index in [-0.39, 0.29) is 0 Å². The molecule has 0 amide bonds. The molecule has 0 bridgehead atoms. The molecule has 0 atom stereocenters. The number of nitrogens with two attached hydrogens (primary N) is 1. The summed E-state index contributed by atoms with van der Waals surface area (Å²) in [5.74, 6) is 0.903. The van der Waals surface area contributed by atoms with E-state index in [9.17, 15) is 0 Å². The van der Waals surface area contributed by atoms with Gasteiger partial charge in [-0.15, -0.1) is 0 Å². The van der Waals surface area contributed by atoms with E-state index in [4.69, 9.17) is 10.5 Å². The zero-order valence-electron chi connectivity index (χ0n) is 8.84. The van der Waals surface area contributed by atoms with Crippen LogP contribution in [0, 0.1) is 6.92 Å². The summed E-state index contributed by atoms with van der Waals surface area (Å²) < 4.78 is 5.24. The van der Waals surface area contributed by atoms with Gasteiger partial charge in [0.15, 0.2) is 0 Å². The highest BCUT2D eigenvalue weighted by molar-refractivity contribution is 5.65. The van der Waals surface area contributed by atoms with Gasteiger partial charge in [0.2, 0.25) is 0 Å². The molecule has 14 heavy (non-hydrogen) atoms. The van der Waals surface area contributed by atoms with Gasteiger partial charge < -0.3 is 10.5 Å². The average Bonchev–Trinajstić information content (AvgIpc) is 2.19. The van der Waals surface area contributed by atoms with Crippen LogP contribution in [-0.4, -0.2) is 13.7 Å². The summed E-state index contributed by atoms with van der Waals surface area (Å²) in [5, 5.41) is 0. The van der Waals surface area contributed by atoms with Crippen molar-refractivity contribution in [2.75, 3.05) is 13.7 Å². The summed E-state index contributed by atoms with van der Waals surface area (Å²) in [5.41, 5.74) is 8.78. The molecule has 0 radical (unpaired) electrons. The molecule has 1 rings (SSSR count). The second kappa shape index (κ2) is 4.82. The van der Waals surface area contributed by atoms with Crippen molar-refractivity contribution in [3.8, 4) is 5.75 Å². The molecular formula is C12H17NO. The maximum atomic E-state index is 5.48. The highest BCUT2D eigenvalue weighted by atomic mass is 16.5. The van der Waals surface area contributed by atoms with Crippen molar-refractivity contribution in [2.24, 2.45) is 5.73 Å². The molecule has 0 aliphatic carbocycles. The van der Waals surface area contributed by atoms with Gasteiger partial charge in [-0.2, -0.15) is 0 Å². The predicted octanol–water partition coefficient (Wildman–Crippen LogP) is 2.37. The molecule has 2 heteroatoms. The second-order valence-electron chi connectivity index (χ2n) is 3.33. The minimum Gasteiger partial charge on any atom is -0.496 e. The molecule has 0 heterocycles. The van der Waals surface area contributed by atoms with Gasteiger partial charge in [-0.3, -0.25) is 0 Å². The van der Waals surface area contributed by atoms with Crippen LogP contribution in [0.15, 0.2) is 24.8 Å². The number of benzene rings is 1.